The Kier molecular flexibility index (Phi) is 3.50. The lowest BCUT2D eigenvalue weighted by molar-refractivity contribution is 0.718. The van der Waals surface area contributed by atoms with Crippen molar-refractivity contribution in [3.05, 3.63) is 11.8 Å². The predicted molar refractivity (Wildman–Crippen MR) is 71.5 cm³/mol. The number of aromatic nitrogens is 2. The van der Waals surface area contributed by atoms with Crippen LogP contribution in [0.4, 0.5) is 11.8 Å². The molecule has 1 aromatic rings. The third kappa shape index (κ3) is 3.08. The first kappa shape index (κ1) is 12.1. The average molecular weight is 234 g/mol. The molecule has 0 saturated heterocycles. The van der Waals surface area contributed by atoms with Crippen LogP contribution >= 0.6 is 0 Å². The fourth-order valence-electron chi connectivity index (χ4n) is 2.08. The van der Waals surface area contributed by atoms with Gasteiger partial charge in [-0.15, -0.1) is 0 Å². The molecule has 4 heteroatoms. The summed E-state index contributed by atoms with van der Waals surface area (Å²) >= 11 is 0. The van der Waals surface area contributed by atoms with Gasteiger partial charge in [-0.25, -0.2) is 4.98 Å². The molecule has 0 spiro atoms. The minimum Gasteiger partial charge on any atom is -0.359 e. The second kappa shape index (κ2) is 4.90. The van der Waals surface area contributed by atoms with Gasteiger partial charge < -0.3 is 10.2 Å². The second-order valence-corrected chi connectivity index (χ2v) is 5.08. The second-order valence-electron chi connectivity index (χ2n) is 5.08. The molecule has 0 bridgehead atoms. The lowest BCUT2D eigenvalue weighted by Gasteiger charge is -2.19. The van der Waals surface area contributed by atoms with Crippen molar-refractivity contribution in [2.75, 3.05) is 30.4 Å². The summed E-state index contributed by atoms with van der Waals surface area (Å²) in [7, 11) is 2.11. The zero-order valence-electron chi connectivity index (χ0n) is 11.2. The summed E-state index contributed by atoms with van der Waals surface area (Å²) < 4.78 is 0. The van der Waals surface area contributed by atoms with E-state index in [1.807, 2.05) is 13.0 Å². The molecule has 0 aliphatic heterocycles. The van der Waals surface area contributed by atoms with Crippen LogP contribution in [0.2, 0.25) is 0 Å². The lowest BCUT2D eigenvalue weighted by Crippen LogP contribution is -2.22. The number of nitrogens with zero attached hydrogens (tertiary/aromatic N) is 3. The molecule has 1 aliphatic rings. The Morgan fingerprint density at radius 2 is 2.18 bits per heavy atom. The van der Waals surface area contributed by atoms with Crippen LogP contribution in [0.15, 0.2) is 6.07 Å². The number of aryl methyl sites for hydroxylation is 1. The Morgan fingerprint density at radius 1 is 1.47 bits per heavy atom. The Morgan fingerprint density at radius 3 is 2.76 bits per heavy atom. The van der Waals surface area contributed by atoms with E-state index >= 15 is 0 Å². The molecule has 0 aromatic carbocycles. The van der Waals surface area contributed by atoms with E-state index in [2.05, 4.69) is 41.1 Å². The molecule has 0 radical (unpaired) electrons. The normalized spacial score (nSPS) is 22.4. The highest BCUT2D eigenvalue weighted by molar-refractivity contribution is 5.44. The third-order valence-electron chi connectivity index (χ3n) is 3.35. The zero-order chi connectivity index (χ0) is 12.4. The van der Waals surface area contributed by atoms with E-state index in [0.29, 0.717) is 0 Å². The summed E-state index contributed by atoms with van der Waals surface area (Å²) in [6.45, 7) is 8.34. The predicted octanol–water partition coefficient (Wildman–Crippen LogP) is 2.31. The van der Waals surface area contributed by atoms with Gasteiger partial charge in [0.15, 0.2) is 0 Å². The van der Waals surface area contributed by atoms with Gasteiger partial charge in [-0.2, -0.15) is 4.98 Å². The largest absolute Gasteiger partial charge is 0.359 e. The van der Waals surface area contributed by atoms with Crippen LogP contribution in [0.1, 0.15) is 26.0 Å². The summed E-state index contributed by atoms with van der Waals surface area (Å²) in [5.41, 5.74) is 1.02. The van der Waals surface area contributed by atoms with E-state index in [-0.39, 0.29) is 0 Å². The molecular weight excluding hydrogens is 212 g/mol. The van der Waals surface area contributed by atoms with E-state index in [1.54, 1.807) is 0 Å². The summed E-state index contributed by atoms with van der Waals surface area (Å²) in [6.07, 6.45) is 1.36. The van der Waals surface area contributed by atoms with Crippen molar-refractivity contribution in [2.24, 2.45) is 11.8 Å². The first-order valence-corrected chi connectivity index (χ1v) is 6.40. The van der Waals surface area contributed by atoms with Crippen LogP contribution in [-0.2, 0) is 0 Å². The van der Waals surface area contributed by atoms with E-state index < -0.39 is 0 Å². The summed E-state index contributed by atoms with van der Waals surface area (Å²) in [4.78, 5) is 11.1. The minimum absolute atomic E-state index is 0.734. The van der Waals surface area contributed by atoms with Crippen LogP contribution in [0, 0.1) is 18.8 Å². The van der Waals surface area contributed by atoms with Gasteiger partial charge in [-0.05, 0) is 32.1 Å². The fourth-order valence-corrected chi connectivity index (χ4v) is 2.08. The number of anilines is 2. The van der Waals surface area contributed by atoms with Crippen LogP contribution < -0.4 is 10.2 Å². The van der Waals surface area contributed by atoms with Crippen molar-refractivity contribution in [3.8, 4) is 0 Å². The molecule has 2 unspecified atom stereocenters. The van der Waals surface area contributed by atoms with Crippen molar-refractivity contribution >= 4 is 11.8 Å². The molecule has 1 fully saturated rings. The molecule has 1 saturated carbocycles. The standard InChI is InChI=1S/C13H22N4/c1-5-14-13-15-10(3)7-12(16-13)17(4)8-11-6-9(11)2/h7,9,11H,5-6,8H2,1-4H3,(H,14,15,16). The van der Waals surface area contributed by atoms with Crippen LogP contribution in [0.5, 0.6) is 0 Å². The Hall–Kier alpha value is -1.32. The number of nitrogens with one attached hydrogen (secondary N) is 1. The van der Waals surface area contributed by atoms with Crippen molar-refractivity contribution < 1.29 is 0 Å². The average Bonchev–Trinajstić information content (AvgIpc) is 2.93. The van der Waals surface area contributed by atoms with E-state index in [0.717, 1.165) is 42.4 Å². The molecule has 17 heavy (non-hydrogen) atoms. The number of hydrogen-bond donors (Lipinski definition) is 1. The first-order chi connectivity index (χ1) is 8.10. The summed E-state index contributed by atoms with van der Waals surface area (Å²) in [5.74, 6) is 3.48. The molecule has 2 rings (SSSR count). The monoisotopic (exact) mass is 234 g/mol. The number of rotatable bonds is 5. The van der Waals surface area contributed by atoms with Crippen molar-refractivity contribution in [3.63, 3.8) is 0 Å². The van der Waals surface area contributed by atoms with Gasteiger partial charge in [0.05, 0.1) is 0 Å². The molecule has 1 N–H and O–H groups in total. The highest BCUT2D eigenvalue weighted by atomic mass is 15.2. The van der Waals surface area contributed by atoms with Crippen molar-refractivity contribution in [1.29, 1.82) is 0 Å². The molecule has 1 aliphatic carbocycles. The molecule has 94 valence electrons. The highest BCUT2D eigenvalue weighted by Gasteiger charge is 2.33. The molecule has 4 nitrogen and oxygen atoms in total. The lowest BCUT2D eigenvalue weighted by atomic mass is 10.3. The highest BCUT2D eigenvalue weighted by Crippen LogP contribution is 2.38. The van der Waals surface area contributed by atoms with Gasteiger partial charge in [0.25, 0.3) is 0 Å². The van der Waals surface area contributed by atoms with Crippen LogP contribution in [0.25, 0.3) is 0 Å². The maximum absolute atomic E-state index is 4.53. The first-order valence-electron chi connectivity index (χ1n) is 6.40. The summed E-state index contributed by atoms with van der Waals surface area (Å²) in [6, 6.07) is 2.05. The Balaban J connectivity index is 2.07. The van der Waals surface area contributed by atoms with E-state index in [1.165, 1.54) is 6.42 Å². The Bertz CT molecular complexity index is 391. The SMILES string of the molecule is CCNc1nc(C)cc(N(C)CC2CC2C)n1. The van der Waals surface area contributed by atoms with Gasteiger partial charge in [0.2, 0.25) is 5.95 Å². The topological polar surface area (TPSA) is 41.1 Å². The molecular formula is C13H22N4. The third-order valence-corrected chi connectivity index (χ3v) is 3.35. The van der Waals surface area contributed by atoms with Crippen molar-refractivity contribution in [1.82, 2.24) is 9.97 Å². The number of hydrogen-bond acceptors (Lipinski definition) is 4. The minimum atomic E-state index is 0.734. The molecule has 0 amide bonds. The van der Waals surface area contributed by atoms with E-state index in [4.69, 9.17) is 0 Å². The van der Waals surface area contributed by atoms with Gasteiger partial charge in [-0.3, -0.25) is 0 Å². The van der Waals surface area contributed by atoms with Gasteiger partial charge in [-0.1, -0.05) is 6.92 Å². The van der Waals surface area contributed by atoms with Crippen molar-refractivity contribution in [2.45, 2.75) is 27.2 Å². The zero-order valence-corrected chi connectivity index (χ0v) is 11.2. The van der Waals surface area contributed by atoms with Gasteiger partial charge in [0.1, 0.15) is 5.82 Å². The van der Waals surface area contributed by atoms with Gasteiger partial charge >= 0.3 is 0 Å². The molecule has 2 atom stereocenters. The van der Waals surface area contributed by atoms with Crippen LogP contribution in [-0.4, -0.2) is 30.1 Å². The quantitative estimate of drug-likeness (QED) is 0.849. The summed E-state index contributed by atoms with van der Waals surface area (Å²) in [5, 5.41) is 3.17. The Labute approximate surface area is 103 Å². The van der Waals surface area contributed by atoms with Gasteiger partial charge in [0, 0.05) is 31.9 Å². The molecule has 1 aromatic heterocycles. The molecule has 1 heterocycles. The van der Waals surface area contributed by atoms with E-state index in [9.17, 15) is 0 Å². The maximum Gasteiger partial charge on any atom is 0.224 e. The maximum atomic E-state index is 4.53. The smallest absolute Gasteiger partial charge is 0.224 e. The fraction of sp³-hybridized carbons (Fsp3) is 0.692. The van der Waals surface area contributed by atoms with Crippen LogP contribution in [0.3, 0.4) is 0 Å².